The van der Waals surface area contributed by atoms with Crippen LogP contribution in [-0.2, 0) is 0 Å². The molecule has 6 nitrogen and oxygen atoms in total. The van der Waals surface area contributed by atoms with Crippen LogP contribution in [0.5, 0.6) is 5.75 Å². The SMILES string of the molecule is CCN1CCN(CP)CCN(CC)CCN(CC(O)c2ccccc2O)CC1. The number of likely N-dealkylation sites (N-methyl/N-ethyl adjacent to an activating group) is 2. The minimum absolute atomic E-state index is 0.173. The van der Waals surface area contributed by atoms with Crippen molar-refractivity contribution >= 4 is 9.24 Å². The maximum Gasteiger partial charge on any atom is 0.121 e. The van der Waals surface area contributed by atoms with Gasteiger partial charge in [0.05, 0.1) is 6.10 Å². The van der Waals surface area contributed by atoms with Crippen LogP contribution >= 0.6 is 9.24 Å². The summed E-state index contributed by atoms with van der Waals surface area (Å²) in [5.41, 5.74) is 0.615. The highest BCUT2D eigenvalue weighted by atomic mass is 31.0. The van der Waals surface area contributed by atoms with Crippen molar-refractivity contribution in [3.8, 4) is 5.75 Å². The number of phenolic OH excluding ortho intramolecular Hbond substituents is 1. The van der Waals surface area contributed by atoms with E-state index in [1.807, 2.05) is 12.1 Å². The third kappa shape index (κ3) is 7.58. The summed E-state index contributed by atoms with van der Waals surface area (Å²) < 4.78 is 0. The van der Waals surface area contributed by atoms with Gasteiger partial charge in [0.15, 0.2) is 0 Å². The lowest BCUT2D eigenvalue weighted by Crippen LogP contribution is -2.46. The second-order valence-electron chi connectivity index (χ2n) is 7.54. The molecule has 0 aromatic heterocycles. The first-order valence-electron chi connectivity index (χ1n) is 10.6. The number of rotatable bonds is 6. The first kappa shape index (κ1) is 23.5. The largest absolute Gasteiger partial charge is 0.508 e. The van der Waals surface area contributed by atoms with E-state index in [2.05, 4.69) is 42.7 Å². The van der Waals surface area contributed by atoms with Crippen LogP contribution in [0.15, 0.2) is 24.3 Å². The zero-order chi connectivity index (χ0) is 20.4. The van der Waals surface area contributed by atoms with Gasteiger partial charge in [-0.3, -0.25) is 9.80 Å². The minimum Gasteiger partial charge on any atom is -0.508 e. The van der Waals surface area contributed by atoms with Crippen LogP contribution in [0.25, 0.3) is 0 Å². The van der Waals surface area contributed by atoms with Gasteiger partial charge in [-0.05, 0) is 19.2 Å². The van der Waals surface area contributed by atoms with Crippen LogP contribution in [0, 0.1) is 0 Å². The van der Waals surface area contributed by atoms with Crippen molar-refractivity contribution in [2.24, 2.45) is 0 Å². The van der Waals surface area contributed by atoms with Crippen molar-refractivity contribution in [2.75, 3.05) is 78.3 Å². The molecule has 2 rings (SSSR count). The van der Waals surface area contributed by atoms with Gasteiger partial charge in [-0.15, -0.1) is 9.24 Å². The minimum atomic E-state index is -0.674. The van der Waals surface area contributed by atoms with Crippen LogP contribution in [0.3, 0.4) is 0 Å². The summed E-state index contributed by atoms with van der Waals surface area (Å²) >= 11 is 0. The van der Waals surface area contributed by atoms with Crippen LogP contribution in [-0.4, -0.2) is 108 Å². The fourth-order valence-corrected chi connectivity index (χ4v) is 4.05. The molecule has 0 amide bonds. The second kappa shape index (κ2) is 12.7. The topological polar surface area (TPSA) is 53.4 Å². The molecule has 1 saturated heterocycles. The van der Waals surface area contributed by atoms with Crippen LogP contribution in [0.2, 0.25) is 0 Å². The van der Waals surface area contributed by atoms with Gasteiger partial charge in [0.25, 0.3) is 0 Å². The molecule has 1 aromatic rings. The van der Waals surface area contributed by atoms with Crippen molar-refractivity contribution in [1.82, 2.24) is 19.6 Å². The van der Waals surface area contributed by atoms with E-state index >= 15 is 0 Å². The van der Waals surface area contributed by atoms with Gasteiger partial charge >= 0.3 is 0 Å². The number of nitrogens with zero attached hydrogens (tertiary/aromatic N) is 4. The van der Waals surface area contributed by atoms with Crippen molar-refractivity contribution in [3.05, 3.63) is 29.8 Å². The molecule has 0 aliphatic carbocycles. The summed E-state index contributed by atoms with van der Waals surface area (Å²) in [6.07, 6.45) is 0.348. The Morgan fingerprint density at radius 1 is 0.821 bits per heavy atom. The molecular weight excluding hydrogens is 371 g/mol. The lowest BCUT2D eigenvalue weighted by Gasteiger charge is -2.34. The third-order valence-electron chi connectivity index (χ3n) is 5.81. The summed E-state index contributed by atoms with van der Waals surface area (Å²) in [5, 5.41) is 20.8. The highest BCUT2D eigenvalue weighted by Crippen LogP contribution is 2.24. The smallest absolute Gasteiger partial charge is 0.121 e. The molecule has 0 radical (unpaired) electrons. The van der Waals surface area contributed by atoms with Gasteiger partial charge in [0.1, 0.15) is 5.75 Å². The first-order valence-corrected chi connectivity index (χ1v) is 11.4. The van der Waals surface area contributed by atoms with Gasteiger partial charge in [0.2, 0.25) is 0 Å². The lowest BCUT2D eigenvalue weighted by atomic mass is 10.1. The van der Waals surface area contributed by atoms with Crippen molar-refractivity contribution in [2.45, 2.75) is 20.0 Å². The molecule has 2 N–H and O–H groups in total. The number of para-hydroxylation sites is 1. The van der Waals surface area contributed by atoms with Crippen molar-refractivity contribution < 1.29 is 10.2 Å². The third-order valence-corrected chi connectivity index (χ3v) is 6.33. The Morgan fingerprint density at radius 3 is 1.75 bits per heavy atom. The lowest BCUT2D eigenvalue weighted by molar-refractivity contribution is 0.0883. The summed E-state index contributed by atoms with van der Waals surface area (Å²) in [4.78, 5) is 9.84. The number of benzene rings is 1. The Hall–Kier alpha value is -0.750. The van der Waals surface area contributed by atoms with Crippen LogP contribution < -0.4 is 0 Å². The van der Waals surface area contributed by atoms with Gasteiger partial charge in [-0.2, -0.15) is 0 Å². The van der Waals surface area contributed by atoms with Gasteiger partial charge in [-0.25, -0.2) is 0 Å². The molecule has 1 heterocycles. The fourth-order valence-electron chi connectivity index (χ4n) is 3.69. The number of β-amino-alcohol motifs (C(OH)–C–C–N with tert-alkyl or cyclic N) is 1. The number of aromatic hydroxyl groups is 1. The Kier molecular flexibility index (Phi) is 10.7. The zero-order valence-electron chi connectivity index (χ0n) is 17.6. The molecule has 7 heteroatoms. The highest BCUT2D eigenvalue weighted by molar-refractivity contribution is 7.16. The average molecular weight is 411 g/mol. The molecule has 0 bridgehead atoms. The molecule has 2 unspecified atom stereocenters. The number of aliphatic hydroxyl groups excluding tert-OH is 1. The summed E-state index contributed by atoms with van der Waals surface area (Å²) in [6.45, 7) is 15.3. The van der Waals surface area contributed by atoms with Crippen molar-refractivity contribution in [1.29, 1.82) is 0 Å². The zero-order valence-corrected chi connectivity index (χ0v) is 18.8. The predicted octanol–water partition coefficient (Wildman–Crippen LogP) is 1.52. The molecule has 28 heavy (non-hydrogen) atoms. The standard InChI is InChI=1S/C21H39N4O2P/c1-3-22-9-13-24(17-21(27)19-7-5-6-8-20(19)26)14-10-23(4-2)12-16-25(18-28)15-11-22/h5-8,21,26-27H,3-4,9-18,28H2,1-2H3. The Bertz CT molecular complexity index is 543. The van der Waals surface area contributed by atoms with E-state index in [4.69, 9.17) is 0 Å². The first-order chi connectivity index (χ1) is 13.6. The van der Waals surface area contributed by atoms with E-state index in [0.717, 1.165) is 71.7 Å². The molecule has 2 atom stereocenters. The summed E-state index contributed by atoms with van der Waals surface area (Å²) in [5.74, 6) is 0.173. The summed E-state index contributed by atoms with van der Waals surface area (Å²) in [7, 11) is 2.86. The Morgan fingerprint density at radius 2 is 1.29 bits per heavy atom. The molecule has 160 valence electrons. The number of phenols is 1. The average Bonchev–Trinajstić information content (AvgIpc) is 2.70. The molecular formula is C21H39N4O2P. The molecule has 1 aromatic carbocycles. The predicted molar refractivity (Wildman–Crippen MR) is 120 cm³/mol. The van der Waals surface area contributed by atoms with Gasteiger partial charge in [-0.1, -0.05) is 32.0 Å². The Labute approximate surface area is 173 Å². The fraction of sp³-hybridized carbons (Fsp3) is 0.714. The van der Waals surface area contributed by atoms with Crippen LogP contribution in [0.4, 0.5) is 0 Å². The Balaban J connectivity index is 2.04. The maximum absolute atomic E-state index is 10.7. The number of aliphatic hydroxyl groups is 1. The monoisotopic (exact) mass is 410 g/mol. The van der Waals surface area contributed by atoms with E-state index < -0.39 is 6.10 Å². The van der Waals surface area contributed by atoms with Gasteiger partial charge < -0.3 is 20.0 Å². The summed E-state index contributed by atoms with van der Waals surface area (Å²) in [6, 6.07) is 7.11. The number of hydrogen-bond acceptors (Lipinski definition) is 6. The van der Waals surface area contributed by atoms with Crippen molar-refractivity contribution in [3.63, 3.8) is 0 Å². The molecule has 1 aliphatic heterocycles. The normalized spacial score (nSPS) is 21.1. The molecule has 0 spiro atoms. The molecule has 1 fully saturated rings. The highest BCUT2D eigenvalue weighted by Gasteiger charge is 2.19. The van der Waals surface area contributed by atoms with E-state index in [1.165, 1.54) is 0 Å². The van der Waals surface area contributed by atoms with E-state index in [0.29, 0.717) is 12.1 Å². The molecule has 0 saturated carbocycles. The molecule has 1 aliphatic rings. The van der Waals surface area contributed by atoms with E-state index in [9.17, 15) is 10.2 Å². The van der Waals surface area contributed by atoms with Crippen LogP contribution in [0.1, 0.15) is 25.5 Å². The van der Waals surface area contributed by atoms with E-state index in [-0.39, 0.29) is 5.75 Å². The maximum atomic E-state index is 10.7. The second-order valence-corrected chi connectivity index (χ2v) is 7.91. The number of hydrogen-bond donors (Lipinski definition) is 2. The van der Waals surface area contributed by atoms with Gasteiger partial charge in [0, 0.05) is 70.8 Å². The quantitative estimate of drug-likeness (QED) is 0.694. The van der Waals surface area contributed by atoms with E-state index in [1.54, 1.807) is 12.1 Å².